The molecule has 0 spiro atoms. The third-order valence-corrected chi connectivity index (χ3v) is 2.86. The molecule has 1 aliphatic heterocycles. The quantitative estimate of drug-likeness (QED) is 0.790. The van der Waals surface area contributed by atoms with Gasteiger partial charge in [-0.3, -0.25) is 0 Å². The standard InChI is InChI=1S/C11H13N3O2/c12-8-5-9-10(13-6-8)14-11(16-9)7-1-3-15-4-2-7/h5-7H,1-4,12H2. The van der Waals surface area contributed by atoms with Gasteiger partial charge in [-0.05, 0) is 12.8 Å². The molecule has 3 rings (SSSR count). The van der Waals surface area contributed by atoms with Crippen molar-refractivity contribution in [2.24, 2.45) is 0 Å². The van der Waals surface area contributed by atoms with Gasteiger partial charge in [0.25, 0.3) is 0 Å². The first-order valence-electron chi connectivity index (χ1n) is 5.42. The second-order valence-corrected chi connectivity index (χ2v) is 4.03. The van der Waals surface area contributed by atoms with Crippen LogP contribution in [0.5, 0.6) is 0 Å². The van der Waals surface area contributed by atoms with Gasteiger partial charge in [0.2, 0.25) is 0 Å². The van der Waals surface area contributed by atoms with Crippen molar-refractivity contribution in [1.82, 2.24) is 9.97 Å². The Labute approximate surface area is 92.6 Å². The van der Waals surface area contributed by atoms with Crippen LogP contribution in [-0.2, 0) is 4.74 Å². The lowest BCUT2D eigenvalue weighted by atomic mass is 10.0. The molecule has 2 N–H and O–H groups in total. The number of oxazole rings is 1. The first kappa shape index (κ1) is 9.59. The highest BCUT2D eigenvalue weighted by molar-refractivity contribution is 5.71. The van der Waals surface area contributed by atoms with Crippen LogP contribution in [0.15, 0.2) is 16.7 Å². The normalized spacial score (nSPS) is 18.0. The summed E-state index contributed by atoms with van der Waals surface area (Å²) in [5.74, 6) is 1.11. The summed E-state index contributed by atoms with van der Waals surface area (Å²) in [4.78, 5) is 8.52. The van der Waals surface area contributed by atoms with E-state index < -0.39 is 0 Å². The van der Waals surface area contributed by atoms with Crippen LogP contribution in [-0.4, -0.2) is 23.2 Å². The van der Waals surface area contributed by atoms with Gasteiger partial charge in [-0.1, -0.05) is 0 Å². The number of nitrogens with two attached hydrogens (primary N) is 1. The molecule has 5 heteroatoms. The van der Waals surface area contributed by atoms with Crippen LogP contribution in [0.25, 0.3) is 11.2 Å². The van der Waals surface area contributed by atoms with E-state index in [2.05, 4.69) is 9.97 Å². The number of anilines is 1. The highest BCUT2D eigenvalue weighted by atomic mass is 16.5. The summed E-state index contributed by atoms with van der Waals surface area (Å²) >= 11 is 0. The number of rotatable bonds is 1. The molecule has 1 saturated heterocycles. The lowest BCUT2D eigenvalue weighted by molar-refractivity contribution is 0.0798. The molecule has 16 heavy (non-hydrogen) atoms. The highest BCUT2D eigenvalue weighted by Gasteiger charge is 2.21. The summed E-state index contributed by atoms with van der Waals surface area (Å²) in [6.45, 7) is 1.55. The molecular weight excluding hydrogens is 206 g/mol. The van der Waals surface area contributed by atoms with E-state index in [-0.39, 0.29) is 0 Å². The molecular formula is C11H13N3O2. The van der Waals surface area contributed by atoms with Gasteiger partial charge >= 0.3 is 0 Å². The monoisotopic (exact) mass is 219 g/mol. The predicted octanol–water partition coefficient (Wildman–Crippen LogP) is 1.70. The van der Waals surface area contributed by atoms with E-state index in [0.29, 0.717) is 22.8 Å². The van der Waals surface area contributed by atoms with E-state index in [1.165, 1.54) is 0 Å². The Kier molecular flexibility index (Phi) is 2.25. The summed E-state index contributed by atoms with van der Waals surface area (Å²) in [6.07, 6.45) is 3.52. The molecule has 1 fully saturated rings. The fraction of sp³-hybridized carbons (Fsp3) is 0.455. The maximum atomic E-state index is 5.68. The van der Waals surface area contributed by atoms with Crippen LogP contribution < -0.4 is 5.73 Å². The average molecular weight is 219 g/mol. The zero-order chi connectivity index (χ0) is 11.0. The van der Waals surface area contributed by atoms with Crippen molar-refractivity contribution in [3.8, 4) is 0 Å². The van der Waals surface area contributed by atoms with Crippen molar-refractivity contribution >= 4 is 16.9 Å². The molecule has 5 nitrogen and oxygen atoms in total. The Balaban J connectivity index is 1.97. The van der Waals surface area contributed by atoms with Crippen LogP contribution in [0.1, 0.15) is 24.7 Å². The minimum Gasteiger partial charge on any atom is -0.439 e. The van der Waals surface area contributed by atoms with Gasteiger partial charge in [0.05, 0.1) is 11.9 Å². The zero-order valence-electron chi connectivity index (χ0n) is 8.85. The molecule has 0 aromatic carbocycles. The Hall–Kier alpha value is -1.62. The van der Waals surface area contributed by atoms with Crippen molar-refractivity contribution in [2.75, 3.05) is 18.9 Å². The summed E-state index contributed by atoms with van der Waals surface area (Å²) < 4.78 is 11.0. The van der Waals surface area contributed by atoms with Crippen molar-refractivity contribution in [2.45, 2.75) is 18.8 Å². The Morgan fingerprint density at radius 2 is 2.12 bits per heavy atom. The maximum Gasteiger partial charge on any atom is 0.200 e. The first-order valence-corrected chi connectivity index (χ1v) is 5.42. The predicted molar refractivity (Wildman–Crippen MR) is 59.0 cm³/mol. The van der Waals surface area contributed by atoms with Gasteiger partial charge < -0.3 is 14.9 Å². The Morgan fingerprint density at radius 1 is 1.31 bits per heavy atom. The van der Waals surface area contributed by atoms with Crippen LogP contribution in [0, 0.1) is 0 Å². The molecule has 2 aromatic heterocycles. The van der Waals surface area contributed by atoms with E-state index in [9.17, 15) is 0 Å². The second kappa shape index (κ2) is 3.75. The van der Waals surface area contributed by atoms with E-state index in [0.717, 1.165) is 31.9 Å². The smallest absolute Gasteiger partial charge is 0.200 e. The van der Waals surface area contributed by atoms with Gasteiger partial charge in [-0.15, -0.1) is 0 Å². The number of aromatic nitrogens is 2. The third-order valence-electron chi connectivity index (χ3n) is 2.86. The topological polar surface area (TPSA) is 74.2 Å². The minimum atomic E-state index is 0.351. The van der Waals surface area contributed by atoms with Crippen LogP contribution in [0.3, 0.4) is 0 Å². The van der Waals surface area contributed by atoms with Crippen molar-refractivity contribution in [3.63, 3.8) is 0 Å². The fourth-order valence-electron chi connectivity index (χ4n) is 1.97. The summed E-state index contributed by atoms with van der Waals surface area (Å²) in [5.41, 5.74) is 7.54. The molecule has 84 valence electrons. The number of nitrogens with zero attached hydrogens (tertiary/aromatic N) is 2. The number of nitrogen functional groups attached to an aromatic ring is 1. The third kappa shape index (κ3) is 1.63. The number of hydrogen-bond acceptors (Lipinski definition) is 5. The molecule has 3 heterocycles. The van der Waals surface area contributed by atoms with Gasteiger partial charge in [0.1, 0.15) is 0 Å². The number of ether oxygens (including phenoxy) is 1. The SMILES string of the molecule is Nc1cnc2nc(C3CCOCC3)oc2c1. The van der Waals surface area contributed by atoms with Gasteiger partial charge in [-0.2, -0.15) is 4.98 Å². The molecule has 1 aliphatic rings. The molecule has 0 saturated carbocycles. The van der Waals surface area contributed by atoms with E-state index in [4.69, 9.17) is 14.9 Å². The lowest BCUT2D eigenvalue weighted by Crippen LogP contribution is -2.14. The van der Waals surface area contributed by atoms with Gasteiger partial charge in [0, 0.05) is 25.2 Å². The molecule has 0 unspecified atom stereocenters. The number of fused-ring (bicyclic) bond motifs is 1. The summed E-state index contributed by atoms with van der Waals surface area (Å²) in [7, 11) is 0. The van der Waals surface area contributed by atoms with Gasteiger partial charge in [0.15, 0.2) is 17.1 Å². The van der Waals surface area contributed by atoms with Crippen LogP contribution >= 0.6 is 0 Å². The second-order valence-electron chi connectivity index (χ2n) is 4.03. The molecule has 0 aliphatic carbocycles. The zero-order valence-corrected chi connectivity index (χ0v) is 8.85. The van der Waals surface area contributed by atoms with Crippen LogP contribution in [0.4, 0.5) is 5.69 Å². The fourth-order valence-corrected chi connectivity index (χ4v) is 1.97. The Bertz CT molecular complexity index is 503. The van der Waals surface area contributed by atoms with Crippen molar-refractivity contribution in [1.29, 1.82) is 0 Å². The number of pyridine rings is 1. The minimum absolute atomic E-state index is 0.351. The molecule has 0 bridgehead atoms. The highest BCUT2D eigenvalue weighted by Crippen LogP contribution is 2.28. The van der Waals surface area contributed by atoms with E-state index >= 15 is 0 Å². The Morgan fingerprint density at radius 3 is 2.94 bits per heavy atom. The molecule has 0 atom stereocenters. The van der Waals surface area contributed by atoms with Crippen LogP contribution in [0.2, 0.25) is 0 Å². The largest absolute Gasteiger partial charge is 0.439 e. The van der Waals surface area contributed by atoms with Crippen molar-refractivity contribution in [3.05, 3.63) is 18.2 Å². The first-order chi connectivity index (χ1) is 7.83. The van der Waals surface area contributed by atoms with Gasteiger partial charge in [-0.25, -0.2) is 4.98 Å². The summed E-state index contributed by atoms with van der Waals surface area (Å²) in [5, 5.41) is 0. The molecule has 0 amide bonds. The molecule has 0 radical (unpaired) electrons. The van der Waals surface area contributed by atoms with Crippen molar-refractivity contribution < 1.29 is 9.15 Å². The lowest BCUT2D eigenvalue weighted by Gasteiger charge is -2.18. The summed E-state index contributed by atoms with van der Waals surface area (Å²) in [6, 6.07) is 1.76. The molecule has 2 aromatic rings. The average Bonchev–Trinajstić information content (AvgIpc) is 2.73. The van der Waals surface area contributed by atoms with E-state index in [1.807, 2.05) is 0 Å². The van der Waals surface area contributed by atoms with E-state index in [1.54, 1.807) is 12.3 Å². The number of hydrogen-bond donors (Lipinski definition) is 1. The maximum absolute atomic E-state index is 5.68.